The largest absolute Gasteiger partial charge is 0.481 e. The SMILES string of the molecule is CCc1ccc([C@@H]2[C@H](S(=O)(=O)c3ccc(Cl)cc3)[C@]2(CO)C(=O)O)cc1. The molecule has 2 aromatic carbocycles. The van der Waals surface area contributed by atoms with E-state index in [4.69, 9.17) is 11.6 Å². The van der Waals surface area contributed by atoms with E-state index in [0.717, 1.165) is 12.0 Å². The number of aryl methyl sites for hydroxylation is 1. The van der Waals surface area contributed by atoms with Crippen LogP contribution in [0.3, 0.4) is 0 Å². The van der Waals surface area contributed by atoms with Crippen LogP contribution in [0.4, 0.5) is 0 Å². The third-order valence-corrected chi connectivity index (χ3v) is 7.68. The van der Waals surface area contributed by atoms with Crippen molar-refractivity contribution in [1.82, 2.24) is 0 Å². The normalized spacial score (nSPS) is 25.0. The number of halogens is 1. The lowest BCUT2D eigenvalue weighted by Crippen LogP contribution is -2.27. The molecule has 0 spiro atoms. The van der Waals surface area contributed by atoms with Crippen LogP contribution in [0, 0.1) is 5.41 Å². The van der Waals surface area contributed by atoms with Crippen molar-refractivity contribution in [3.05, 3.63) is 64.7 Å². The van der Waals surface area contributed by atoms with Gasteiger partial charge in [0.2, 0.25) is 0 Å². The number of benzene rings is 2. The van der Waals surface area contributed by atoms with Gasteiger partial charge in [-0.05, 0) is 41.8 Å². The molecular formula is C19H19ClO5S. The molecule has 7 heteroatoms. The Morgan fingerprint density at radius 2 is 1.69 bits per heavy atom. The maximum absolute atomic E-state index is 13.1. The molecule has 0 radical (unpaired) electrons. The Labute approximate surface area is 157 Å². The van der Waals surface area contributed by atoms with E-state index >= 15 is 0 Å². The minimum Gasteiger partial charge on any atom is -0.481 e. The highest BCUT2D eigenvalue weighted by atomic mass is 35.5. The number of sulfone groups is 1. The van der Waals surface area contributed by atoms with Gasteiger partial charge in [0, 0.05) is 10.9 Å². The monoisotopic (exact) mass is 394 g/mol. The van der Waals surface area contributed by atoms with E-state index in [1.54, 1.807) is 12.1 Å². The Morgan fingerprint density at radius 3 is 2.15 bits per heavy atom. The number of aliphatic hydroxyl groups excluding tert-OH is 1. The van der Waals surface area contributed by atoms with Gasteiger partial charge in [-0.15, -0.1) is 0 Å². The molecule has 3 rings (SSSR count). The fraction of sp³-hybridized carbons (Fsp3) is 0.316. The first-order valence-electron chi connectivity index (χ1n) is 8.21. The molecule has 1 saturated carbocycles. The van der Waals surface area contributed by atoms with Gasteiger partial charge in [0.1, 0.15) is 5.41 Å². The topological polar surface area (TPSA) is 91.7 Å². The van der Waals surface area contributed by atoms with Crippen molar-refractivity contribution in [2.75, 3.05) is 6.61 Å². The average molecular weight is 395 g/mol. The summed E-state index contributed by atoms with van der Waals surface area (Å²) in [6.45, 7) is 1.25. The highest BCUT2D eigenvalue weighted by Crippen LogP contribution is 2.64. The molecule has 1 aliphatic rings. The number of carbonyl (C=O) groups is 1. The molecule has 1 aliphatic carbocycles. The summed E-state index contributed by atoms with van der Waals surface area (Å²) in [5.74, 6) is -2.12. The van der Waals surface area contributed by atoms with Gasteiger partial charge in [-0.1, -0.05) is 42.8 Å². The maximum atomic E-state index is 13.1. The van der Waals surface area contributed by atoms with Crippen LogP contribution < -0.4 is 0 Å². The summed E-state index contributed by atoms with van der Waals surface area (Å²) in [4.78, 5) is 11.9. The van der Waals surface area contributed by atoms with Gasteiger partial charge in [0.15, 0.2) is 9.84 Å². The first-order valence-corrected chi connectivity index (χ1v) is 10.1. The predicted molar refractivity (Wildman–Crippen MR) is 98.1 cm³/mol. The Morgan fingerprint density at radius 1 is 1.12 bits per heavy atom. The van der Waals surface area contributed by atoms with E-state index in [1.807, 2.05) is 19.1 Å². The third kappa shape index (κ3) is 2.82. The van der Waals surface area contributed by atoms with Crippen molar-refractivity contribution in [2.24, 2.45) is 5.41 Å². The molecule has 0 aliphatic heterocycles. The summed E-state index contributed by atoms with van der Waals surface area (Å²) in [7, 11) is -3.96. The molecule has 0 saturated heterocycles. The second-order valence-electron chi connectivity index (χ2n) is 6.50. The van der Waals surface area contributed by atoms with E-state index in [-0.39, 0.29) is 4.90 Å². The van der Waals surface area contributed by atoms with E-state index in [1.165, 1.54) is 24.3 Å². The molecule has 0 amide bonds. The number of hydrogen-bond acceptors (Lipinski definition) is 4. The van der Waals surface area contributed by atoms with Gasteiger partial charge in [0.25, 0.3) is 0 Å². The lowest BCUT2D eigenvalue weighted by Gasteiger charge is -2.09. The van der Waals surface area contributed by atoms with Gasteiger partial charge >= 0.3 is 5.97 Å². The molecule has 5 nitrogen and oxygen atoms in total. The summed E-state index contributed by atoms with van der Waals surface area (Å²) in [6.07, 6.45) is 0.821. The summed E-state index contributed by atoms with van der Waals surface area (Å²) in [5.41, 5.74) is -0.0794. The lowest BCUT2D eigenvalue weighted by molar-refractivity contribution is -0.145. The zero-order valence-corrected chi connectivity index (χ0v) is 15.7. The van der Waals surface area contributed by atoms with Crippen LogP contribution >= 0.6 is 11.6 Å². The van der Waals surface area contributed by atoms with Crippen molar-refractivity contribution in [3.63, 3.8) is 0 Å². The van der Waals surface area contributed by atoms with Crippen LogP contribution in [0.2, 0.25) is 5.02 Å². The molecule has 0 aromatic heterocycles. The highest BCUT2D eigenvalue weighted by Gasteiger charge is 2.75. The van der Waals surface area contributed by atoms with Gasteiger partial charge in [-0.3, -0.25) is 4.79 Å². The van der Waals surface area contributed by atoms with E-state index in [9.17, 15) is 23.4 Å². The molecule has 1 fully saturated rings. The molecule has 2 N–H and O–H groups in total. The zero-order chi connectivity index (χ0) is 19.1. The van der Waals surface area contributed by atoms with Crippen molar-refractivity contribution in [3.8, 4) is 0 Å². The Bertz CT molecular complexity index is 921. The van der Waals surface area contributed by atoms with Crippen molar-refractivity contribution in [1.29, 1.82) is 0 Å². The van der Waals surface area contributed by atoms with Gasteiger partial charge in [-0.2, -0.15) is 0 Å². The molecule has 0 bridgehead atoms. The first-order chi connectivity index (χ1) is 12.3. The van der Waals surface area contributed by atoms with Crippen LogP contribution in [0.15, 0.2) is 53.4 Å². The highest BCUT2D eigenvalue weighted by molar-refractivity contribution is 7.92. The lowest BCUT2D eigenvalue weighted by atomic mass is 9.99. The number of hydrogen-bond donors (Lipinski definition) is 2. The van der Waals surface area contributed by atoms with Crippen molar-refractivity contribution < 1.29 is 23.4 Å². The molecule has 2 aromatic rings. The van der Waals surface area contributed by atoms with Gasteiger partial charge < -0.3 is 10.2 Å². The summed E-state index contributed by atoms with van der Waals surface area (Å²) >= 11 is 5.81. The minimum atomic E-state index is -3.96. The second kappa shape index (κ2) is 6.68. The second-order valence-corrected chi connectivity index (χ2v) is 9.00. The molecule has 0 heterocycles. The van der Waals surface area contributed by atoms with Gasteiger partial charge in [-0.25, -0.2) is 8.42 Å². The van der Waals surface area contributed by atoms with Crippen LogP contribution in [-0.2, 0) is 21.1 Å². The van der Waals surface area contributed by atoms with Crippen LogP contribution in [0.5, 0.6) is 0 Å². The zero-order valence-electron chi connectivity index (χ0n) is 14.1. The van der Waals surface area contributed by atoms with Crippen LogP contribution in [0.25, 0.3) is 0 Å². The van der Waals surface area contributed by atoms with Gasteiger partial charge in [0.05, 0.1) is 16.8 Å². The van der Waals surface area contributed by atoms with Crippen molar-refractivity contribution in [2.45, 2.75) is 29.4 Å². The fourth-order valence-electron chi connectivity index (χ4n) is 3.58. The summed E-state index contributed by atoms with van der Waals surface area (Å²) < 4.78 is 26.1. The summed E-state index contributed by atoms with van der Waals surface area (Å²) in [5, 5.41) is 18.7. The van der Waals surface area contributed by atoms with Crippen LogP contribution in [-0.4, -0.2) is 36.5 Å². The molecular weight excluding hydrogens is 376 g/mol. The Hall–Kier alpha value is -1.89. The Kier molecular flexibility index (Phi) is 4.86. The van der Waals surface area contributed by atoms with E-state index < -0.39 is 39.0 Å². The number of rotatable bonds is 6. The minimum absolute atomic E-state index is 0.00125. The summed E-state index contributed by atoms with van der Waals surface area (Å²) in [6, 6.07) is 12.8. The van der Waals surface area contributed by atoms with E-state index in [0.29, 0.717) is 10.6 Å². The third-order valence-electron chi connectivity index (χ3n) is 5.14. The van der Waals surface area contributed by atoms with E-state index in [2.05, 4.69) is 0 Å². The van der Waals surface area contributed by atoms with Crippen LogP contribution in [0.1, 0.15) is 24.0 Å². The molecule has 3 atom stereocenters. The molecule has 26 heavy (non-hydrogen) atoms. The fourth-order valence-corrected chi connectivity index (χ4v) is 6.07. The first kappa shape index (κ1) is 18.9. The quantitative estimate of drug-likeness (QED) is 0.786. The van der Waals surface area contributed by atoms with Crippen molar-refractivity contribution >= 4 is 27.4 Å². The number of carboxylic acids is 1. The Balaban J connectivity index is 2.08. The molecule has 0 unspecified atom stereocenters. The smallest absolute Gasteiger partial charge is 0.314 e. The number of aliphatic hydroxyl groups is 1. The average Bonchev–Trinajstić information content (AvgIpc) is 3.34. The number of carboxylic acid groups (broad SMARTS) is 1. The molecule has 138 valence electrons. The predicted octanol–water partition coefficient (Wildman–Crippen LogP) is 2.91. The standard InChI is InChI=1S/C19H19ClO5S/c1-2-12-3-5-13(6-4-12)16-17(19(16,11-21)18(22)23)26(24,25)15-9-7-14(20)8-10-15/h3-10,16-17,21H,2,11H2,1H3,(H,22,23)/t16-,17+,19-/m1/s1. The maximum Gasteiger partial charge on any atom is 0.314 e. The number of aliphatic carboxylic acids is 1.